The van der Waals surface area contributed by atoms with E-state index >= 15 is 0 Å². The molecule has 1 N–H and O–H groups in total. The molecular weight excluding hydrogens is 194 g/mol. The molecule has 5 nitrogen and oxygen atoms in total. The maximum absolute atomic E-state index is 5.47. The Balaban J connectivity index is 1.94. The van der Waals surface area contributed by atoms with E-state index in [4.69, 9.17) is 9.26 Å². The van der Waals surface area contributed by atoms with Crippen molar-refractivity contribution in [3.05, 3.63) is 11.7 Å². The summed E-state index contributed by atoms with van der Waals surface area (Å²) in [6, 6.07) is 0. The predicted molar refractivity (Wildman–Crippen MR) is 54.5 cm³/mol. The fourth-order valence-corrected chi connectivity index (χ4v) is 1.73. The molecule has 1 aromatic rings. The lowest BCUT2D eigenvalue weighted by Crippen LogP contribution is -2.13. The van der Waals surface area contributed by atoms with Gasteiger partial charge in [-0.2, -0.15) is 4.98 Å². The van der Waals surface area contributed by atoms with Crippen molar-refractivity contribution in [1.29, 1.82) is 0 Å². The Morgan fingerprint density at radius 3 is 3.07 bits per heavy atom. The third kappa shape index (κ3) is 2.54. The number of hydrogen-bond donors (Lipinski definition) is 1. The highest BCUT2D eigenvalue weighted by atomic mass is 16.5. The van der Waals surface area contributed by atoms with Crippen LogP contribution in [0, 0.1) is 0 Å². The van der Waals surface area contributed by atoms with Crippen LogP contribution in [0.1, 0.15) is 37.9 Å². The Morgan fingerprint density at radius 1 is 1.53 bits per heavy atom. The van der Waals surface area contributed by atoms with E-state index < -0.39 is 0 Å². The number of aromatic nitrogens is 2. The summed E-state index contributed by atoms with van der Waals surface area (Å²) in [6.07, 6.45) is 1.28. The summed E-state index contributed by atoms with van der Waals surface area (Å²) in [5.41, 5.74) is 0. The minimum atomic E-state index is 0.280. The molecule has 0 bridgehead atoms. The summed E-state index contributed by atoms with van der Waals surface area (Å²) in [7, 11) is 0. The van der Waals surface area contributed by atoms with Crippen LogP contribution < -0.4 is 5.32 Å². The zero-order valence-electron chi connectivity index (χ0n) is 9.19. The van der Waals surface area contributed by atoms with Crippen molar-refractivity contribution in [2.24, 2.45) is 0 Å². The van der Waals surface area contributed by atoms with Gasteiger partial charge in [-0.15, -0.1) is 0 Å². The summed E-state index contributed by atoms with van der Waals surface area (Å²) >= 11 is 0. The molecular formula is C10H17N3O2. The van der Waals surface area contributed by atoms with Crippen LogP contribution in [0.15, 0.2) is 4.52 Å². The smallest absolute Gasteiger partial charge is 0.232 e. The molecule has 2 rings (SSSR count). The summed E-state index contributed by atoms with van der Waals surface area (Å²) in [5.74, 6) is 1.72. The van der Waals surface area contributed by atoms with Gasteiger partial charge in [0.15, 0.2) is 5.82 Å². The van der Waals surface area contributed by atoms with Gasteiger partial charge in [0.1, 0.15) is 0 Å². The van der Waals surface area contributed by atoms with Gasteiger partial charge in [-0.3, -0.25) is 0 Å². The van der Waals surface area contributed by atoms with E-state index in [1.54, 1.807) is 0 Å². The van der Waals surface area contributed by atoms with Crippen molar-refractivity contribution in [3.8, 4) is 0 Å². The van der Waals surface area contributed by atoms with Gasteiger partial charge >= 0.3 is 0 Å². The maximum Gasteiger partial charge on any atom is 0.232 e. The molecule has 2 heterocycles. The van der Waals surface area contributed by atoms with Gasteiger partial charge in [0, 0.05) is 0 Å². The first-order valence-electron chi connectivity index (χ1n) is 5.44. The monoisotopic (exact) mass is 211 g/mol. The SMILES string of the molecule is CCNCc1noc(C2COC(C)C2)n1. The lowest BCUT2D eigenvalue weighted by atomic mass is 10.1. The topological polar surface area (TPSA) is 60.2 Å². The van der Waals surface area contributed by atoms with Gasteiger partial charge in [-0.05, 0) is 19.9 Å². The minimum absolute atomic E-state index is 0.280. The predicted octanol–water partition coefficient (Wildman–Crippen LogP) is 1.07. The molecule has 1 aromatic heterocycles. The quantitative estimate of drug-likeness (QED) is 0.807. The highest BCUT2D eigenvalue weighted by Gasteiger charge is 2.28. The Bertz CT molecular complexity index is 313. The number of nitrogens with one attached hydrogen (secondary N) is 1. The van der Waals surface area contributed by atoms with E-state index in [9.17, 15) is 0 Å². The Hall–Kier alpha value is -0.940. The maximum atomic E-state index is 5.47. The average Bonchev–Trinajstić information content (AvgIpc) is 2.83. The Labute approximate surface area is 89.2 Å². The van der Waals surface area contributed by atoms with Crippen LogP contribution in [0.5, 0.6) is 0 Å². The van der Waals surface area contributed by atoms with Crippen LogP contribution in [0.25, 0.3) is 0 Å². The highest BCUT2D eigenvalue weighted by Crippen LogP contribution is 2.27. The highest BCUT2D eigenvalue weighted by molar-refractivity contribution is 4.97. The second-order valence-electron chi connectivity index (χ2n) is 3.91. The molecule has 5 heteroatoms. The van der Waals surface area contributed by atoms with Gasteiger partial charge < -0.3 is 14.6 Å². The molecule has 0 spiro atoms. The summed E-state index contributed by atoms with van der Waals surface area (Å²) in [6.45, 7) is 6.39. The Morgan fingerprint density at radius 2 is 2.40 bits per heavy atom. The molecule has 1 aliphatic heterocycles. The average molecular weight is 211 g/mol. The van der Waals surface area contributed by atoms with Crippen LogP contribution in [0.3, 0.4) is 0 Å². The molecule has 1 fully saturated rings. The summed E-state index contributed by atoms with van der Waals surface area (Å²) in [5, 5.41) is 7.08. The van der Waals surface area contributed by atoms with E-state index in [0.717, 1.165) is 18.8 Å². The first-order valence-corrected chi connectivity index (χ1v) is 5.44. The molecule has 15 heavy (non-hydrogen) atoms. The molecule has 1 saturated heterocycles. The van der Waals surface area contributed by atoms with Gasteiger partial charge in [-0.25, -0.2) is 0 Å². The van der Waals surface area contributed by atoms with Crippen molar-refractivity contribution >= 4 is 0 Å². The van der Waals surface area contributed by atoms with E-state index in [0.29, 0.717) is 25.1 Å². The second kappa shape index (κ2) is 4.72. The standard InChI is InChI=1S/C10H17N3O2/c1-3-11-5-9-12-10(15-13-9)8-4-7(2)14-6-8/h7-8,11H,3-6H2,1-2H3. The van der Waals surface area contributed by atoms with Gasteiger partial charge in [0.2, 0.25) is 5.89 Å². The van der Waals surface area contributed by atoms with Gasteiger partial charge in [-0.1, -0.05) is 12.1 Å². The van der Waals surface area contributed by atoms with E-state index in [-0.39, 0.29) is 5.92 Å². The van der Waals surface area contributed by atoms with Gasteiger partial charge in [0.05, 0.1) is 25.2 Å². The summed E-state index contributed by atoms with van der Waals surface area (Å²) < 4.78 is 10.7. The third-order valence-corrected chi connectivity index (χ3v) is 2.56. The molecule has 84 valence electrons. The van der Waals surface area contributed by atoms with Crippen LogP contribution in [-0.2, 0) is 11.3 Å². The van der Waals surface area contributed by atoms with Crippen molar-refractivity contribution in [1.82, 2.24) is 15.5 Å². The van der Waals surface area contributed by atoms with Gasteiger partial charge in [0.25, 0.3) is 0 Å². The van der Waals surface area contributed by atoms with Crippen LogP contribution >= 0.6 is 0 Å². The number of hydrogen-bond acceptors (Lipinski definition) is 5. The lowest BCUT2D eigenvalue weighted by molar-refractivity contribution is 0.122. The zero-order valence-corrected chi connectivity index (χ0v) is 9.19. The second-order valence-corrected chi connectivity index (χ2v) is 3.91. The van der Waals surface area contributed by atoms with Crippen molar-refractivity contribution in [2.45, 2.75) is 38.8 Å². The van der Waals surface area contributed by atoms with E-state index in [1.165, 1.54) is 0 Å². The first kappa shape index (κ1) is 10.6. The largest absolute Gasteiger partial charge is 0.378 e. The van der Waals surface area contributed by atoms with Crippen molar-refractivity contribution in [3.63, 3.8) is 0 Å². The van der Waals surface area contributed by atoms with Crippen LogP contribution in [-0.4, -0.2) is 29.4 Å². The molecule has 0 saturated carbocycles. The molecule has 0 amide bonds. The number of ether oxygens (including phenoxy) is 1. The van der Waals surface area contributed by atoms with E-state index in [2.05, 4.69) is 22.4 Å². The van der Waals surface area contributed by atoms with Crippen LogP contribution in [0.4, 0.5) is 0 Å². The fourth-order valence-electron chi connectivity index (χ4n) is 1.73. The minimum Gasteiger partial charge on any atom is -0.378 e. The third-order valence-electron chi connectivity index (χ3n) is 2.56. The molecule has 2 atom stereocenters. The normalized spacial score (nSPS) is 26.0. The molecule has 0 aromatic carbocycles. The fraction of sp³-hybridized carbons (Fsp3) is 0.800. The number of rotatable bonds is 4. The van der Waals surface area contributed by atoms with Crippen molar-refractivity contribution in [2.75, 3.05) is 13.2 Å². The number of nitrogens with zero attached hydrogens (tertiary/aromatic N) is 2. The van der Waals surface area contributed by atoms with Crippen LogP contribution in [0.2, 0.25) is 0 Å². The first-order chi connectivity index (χ1) is 7.29. The molecule has 1 aliphatic rings. The lowest BCUT2D eigenvalue weighted by Gasteiger charge is -1.98. The Kier molecular flexibility index (Phi) is 3.33. The molecule has 0 aliphatic carbocycles. The van der Waals surface area contributed by atoms with Crippen molar-refractivity contribution < 1.29 is 9.26 Å². The zero-order chi connectivity index (χ0) is 10.7. The molecule has 2 unspecified atom stereocenters. The molecule has 0 radical (unpaired) electrons. The van der Waals surface area contributed by atoms with E-state index in [1.807, 2.05) is 6.92 Å². The summed E-state index contributed by atoms with van der Waals surface area (Å²) in [4.78, 5) is 4.34.